The molecule has 0 radical (unpaired) electrons. The highest BCUT2D eigenvalue weighted by Gasteiger charge is 2.14. The monoisotopic (exact) mass is 304 g/mol. The summed E-state index contributed by atoms with van der Waals surface area (Å²) in [5.41, 5.74) is 7.88. The fourth-order valence-corrected chi connectivity index (χ4v) is 2.96. The van der Waals surface area contributed by atoms with Crippen molar-refractivity contribution in [3.05, 3.63) is 40.6 Å². The van der Waals surface area contributed by atoms with Crippen LogP contribution in [0.4, 0.5) is 11.4 Å². The topological polar surface area (TPSA) is 38.5 Å². The molecule has 0 unspecified atom stereocenters. The second-order valence-corrected chi connectivity index (χ2v) is 6.76. The Bertz CT molecular complexity index is 564. The standard InChI is InChI=1S/C17H24N2OS/c1-12(2)19(11-17-6-5-7-21-17)15-8-14(18)9-16(10-15)20-13(3)4/h5-10,12-13H,11,18H2,1-4H3. The molecule has 0 aliphatic heterocycles. The molecule has 2 aromatic rings. The van der Waals surface area contributed by atoms with Crippen LogP contribution in [0.15, 0.2) is 35.7 Å². The third kappa shape index (κ3) is 4.39. The zero-order valence-electron chi connectivity index (χ0n) is 13.2. The minimum atomic E-state index is 0.143. The molecule has 0 aliphatic carbocycles. The van der Waals surface area contributed by atoms with E-state index in [0.29, 0.717) is 6.04 Å². The van der Waals surface area contributed by atoms with Crippen LogP contribution < -0.4 is 15.4 Å². The first-order valence-corrected chi connectivity index (χ1v) is 8.20. The third-order valence-corrected chi connectivity index (χ3v) is 4.01. The van der Waals surface area contributed by atoms with Gasteiger partial charge in [0.1, 0.15) is 5.75 Å². The molecule has 114 valence electrons. The van der Waals surface area contributed by atoms with Crippen molar-refractivity contribution in [3.8, 4) is 5.75 Å². The molecule has 0 spiro atoms. The van der Waals surface area contributed by atoms with E-state index in [2.05, 4.69) is 42.3 Å². The summed E-state index contributed by atoms with van der Waals surface area (Å²) in [4.78, 5) is 3.69. The van der Waals surface area contributed by atoms with Gasteiger partial charge in [0.25, 0.3) is 0 Å². The summed E-state index contributed by atoms with van der Waals surface area (Å²) in [5, 5.41) is 2.11. The van der Waals surface area contributed by atoms with Crippen LogP contribution in [0.3, 0.4) is 0 Å². The van der Waals surface area contributed by atoms with Crippen LogP contribution in [0.5, 0.6) is 5.75 Å². The van der Waals surface area contributed by atoms with Crippen LogP contribution in [0.2, 0.25) is 0 Å². The molecule has 1 heterocycles. The second-order valence-electron chi connectivity index (χ2n) is 5.73. The molecule has 0 atom stereocenters. The summed E-state index contributed by atoms with van der Waals surface area (Å²) in [5.74, 6) is 0.830. The minimum Gasteiger partial charge on any atom is -0.491 e. The van der Waals surface area contributed by atoms with Crippen molar-refractivity contribution in [2.24, 2.45) is 0 Å². The van der Waals surface area contributed by atoms with Gasteiger partial charge in [-0.25, -0.2) is 0 Å². The lowest BCUT2D eigenvalue weighted by Crippen LogP contribution is -2.29. The van der Waals surface area contributed by atoms with Crippen molar-refractivity contribution in [1.82, 2.24) is 0 Å². The van der Waals surface area contributed by atoms with Gasteiger partial charge in [-0.15, -0.1) is 11.3 Å². The summed E-state index contributed by atoms with van der Waals surface area (Å²) >= 11 is 1.78. The zero-order valence-corrected chi connectivity index (χ0v) is 14.0. The summed E-state index contributed by atoms with van der Waals surface area (Å²) in [6.45, 7) is 9.32. The average Bonchev–Trinajstić information content (AvgIpc) is 2.86. The zero-order chi connectivity index (χ0) is 15.4. The van der Waals surface area contributed by atoms with Crippen molar-refractivity contribution in [1.29, 1.82) is 0 Å². The van der Waals surface area contributed by atoms with Crippen molar-refractivity contribution >= 4 is 22.7 Å². The summed E-state index contributed by atoms with van der Waals surface area (Å²) in [6.07, 6.45) is 0.143. The maximum absolute atomic E-state index is 6.04. The van der Waals surface area contributed by atoms with Gasteiger partial charge in [0, 0.05) is 34.4 Å². The predicted molar refractivity (Wildman–Crippen MR) is 92.3 cm³/mol. The van der Waals surface area contributed by atoms with Crippen LogP contribution in [0.25, 0.3) is 0 Å². The van der Waals surface area contributed by atoms with Crippen LogP contribution >= 0.6 is 11.3 Å². The quantitative estimate of drug-likeness (QED) is 0.797. The molecular formula is C17H24N2OS. The van der Waals surface area contributed by atoms with E-state index in [-0.39, 0.29) is 6.10 Å². The first kappa shape index (κ1) is 15.7. The molecule has 3 nitrogen and oxygen atoms in total. The van der Waals surface area contributed by atoms with Crippen molar-refractivity contribution in [2.45, 2.75) is 46.4 Å². The Kier molecular flexibility index (Phi) is 5.12. The molecule has 2 rings (SSSR count). The van der Waals surface area contributed by atoms with E-state index in [4.69, 9.17) is 10.5 Å². The van der Waals surface area contributed by atoms with Crippen LogP contribution in [0.1, 0.15) is 32.6 Å². The number of nitrogens with two attached hydrogens (primary N) is 1. The highest BCUT2D eigenvalue weighted by atomic mass is 32.1. The number of hydrogen-bond acceptors (Lipinski definition) is 4. The molecular weight excluding hydrogens is 280 g/mol. The lowest BCUT2D eigenvalue weighted by atomic mass is 10.2. The Labute approximate surface area is 131 Å². The van der Waals surface area contributed by atoms with Gasteiger partial charge in [-0.05, 0) is 45.2 Å². The number of thiophene rings is 1. The minimum absolute atomic E-state index is 0.143. The molecule has 2 N–H and O–H groups in total. The molecule has 0 saturated heterocycles. The van der Waals surface area contributed by atoms with Crippen molar-refractivity contribution in [2.75, 3.05) is 10.6 Å². The lowest BCUT2D eigenvalue weighted by molar-refractivity contribution is 0.242. The van der Waals surface area contributed by atoms with Crippen LogP contribution in [-0.2, 0) is 6.54 Å². The summed E-state index contributed by atoms with van der Waals surface area (Å²) < 4.78 is 5.80. The van der Waals surface area contributed by atoms with Crippen LogP contribution in [-0.4, -0.2) is 12.1 Å². The Hall–Kier alpha value is -1.68. The molecule has 0 aliphatic rings. The van der Waals surface area contributed by atoms with Gasteiger partial charge in [-0.1, -0.05) is 6.07 Å². The Morgan fingerprint density at radius 2 is 1.95 bits per heavy atom. The van der Waals surface area contributed by atoms with E-state index in [1.165, 1.54) is 4.88 Å². The van der Waals surface area contributed by atoms with E-state index < -0.39 is 0 Å². The van der Waals surface area contributed by atoms with Gasteiger partial charge < -0.3 is 15.4 Å². The maximum Gasteiger partial charge on any atom is 0.123 e. The fraction of sp³-hybridized carbons (Fsp3) is 0.412. The highest BCUT2D eigenvalue weighted by Crippen LogP contribution is 2.29. The molecule has 0 fully saturated rings. The van der Waals surface area contributed by atoms with E-state index in [1.807, 2.05) is 26.0 Å². The van der Waals surface area contributed by atoms with Gasteiger partial charge in [-0.2, -0.15) is 0 Å². The molecule has 1 aromatic heterocycles. The van der Waals surface area contributed by atoms with E-state index >= 15 is 0 Å². The van der Waals surface area contributed by atoms with Gasteiger partial charge in [0.2, 0.25) is 0 Å². The van der Waals surface area contributed by atoms with Gasteiger partial charge in [0.05, 0.1) is 12.6 Å². The molecule has 21 heavy (non-hydrogen) atoms. The number of benzene rings is 1. The number of ether oxygens (including phenoxy) is 1. The molecule has 1 aromatic carbocycles. The van der Waals surface area contributed by atoms with Gasteiger partial charge >= 0.3 is 0 Å². The van der Waals surface area contributed by atoms with E-state index in [1.54, 1.807) is 11.3 Å². The lowest BCUT2D eigenvalue weighted by Gasteiger charge is -2.29. The Morgan fingerprint density at radius 3 is 2.52 bits per heavy atom. The SMILES string of the molecule is CC(C)Oc1cc(N)cc(N(Cc2cccs2)C(C)C)c1. The van der Waals surface area contributed by atoms with Crippen LogP contribution in [0, 0.1) is 0 Å². The molecule has 0 amide bonds. The van der Waals surface area contributed by atoms with Gasteiger partial charge in [-0.3, -0.25) is 0 Å². The number of nitrogens with zero attached hydrogens (tertiary/aromatic N) is 1. The predicted octanol–water partition coefficient (Wildman–Crippen LogP) is 4.53. The third-order valence-electron chi connectivity index (χ3n) is 3.15. The van der Waals surface area contributed by atoms with Crippen molar-refractivity contribution < 1.29 is 4.74 Å². The first-order chi connectivity index (χ1) is 9.95. The molecule has 0 bridgehead atoms. The van der Waals surface area contributed by atoms with E-state index in [0.717, 1.165) is 23.7 Å². The smallest absolute Gasteiger partial charge is 0.123 e. The second kappa shape index (κ2) is 6.85. The first-order valence-electron chi connectivity index (χ1n) is 7.32. The van der Waals surface area contributed by atoms with Gasteiger partial charge in [0.15, 0.2) is 0 Å². The summed E-state index contributed by atoms with van der Waals surface area (Å²) in [6, 6.07) is 10.6. The number of hydrogen-bond donors (Lipinski definition) is 1. The molecule has 0 saturated carbocycles. The number of anilines is 2. The van der Waals surface area contributed by atoms with E-state index in [9.17, 15) is 0 Å². The molecule has 4 heteroatoms. The fourth-order valence-electron chi connectivity index (χ4n) is 2.25. The largest absolute Gasteiger partial charge is 0.491 e. The van der Waals surface area contributed by atoms with Crippen molar-refractivity contribution in [3.63, 3.8) is 0 Å². The Balaban J connectivity index is 2.29. The highest BCUT2D eigenvalue weighted by molar-refractivity contribution is 7.09. The normalized spacial score (nSPS) is 11.1. The summed E-state index contributed by atoms with van der Waals surface area (Å²) in [7, 11) is 0. The average molecular weight is 304 g/mol. The number of nitrogen functional groups attached to an aromatic ring is 1. The number of rotatable bonds is 6. The maximum atomic E-state index is 6.04. The Morgan fingerprint density at radius 1 is 1.19 bits per heavy atom.